The van der Waals surface area contributed by atoms with Crippen LogP contribution in [0.15, 0.2) is 46.4 Å². The molecule has 3 rings (SSSR count). The normalized spacial score (nSPS) is 16.4. The zero-order chi connectivity index (χ0) is 14.1. The van der Waals surface area contributed by atoms with Crippen molar-refractivity contribution in [2.24, 2.45) is 4.99 Å². The highest BCUT2D eigenvalue weighted by Gasteiger charge is 2.24. The Balaban J connectivity index is 1.95. The summed E-state index contributed by atoms with van der Waals surface area (Å²) < 4.78 is 5.14. The summed E-state index contributed by atoms with van der Waals surface area (Å²) in [5, 5.41) is 2.78. The molecule has 2 aromatic rings. The fraction of sp³-hybridized carbons (Fsp3) is 0. The number of carbonyl (C=O) groups is 1. The highest BCUT2D eigenvalue weighted by Crippen LogP contribution is 2.26. The van der Waals surface area contributed by atoms with Crippen LogP contribution in [0.1, 0.15) is 10.4 Å². The van der Waals surface area contributed by atoms with E-state index in [0.29, 0.717) is 15.9 Å². The number of hydrogen-bond acceptors (Lipinski definition) is 4. The Morgan fingerprint density at radius 2 is 2.05 bits per heavy atom. The van der Waals surface area contributed by atoms with E-state index in [2.05, 4.69) is 4.99 Å². The van der Waals surface area contributed by atoms with Crippen molar-refractivity contribution >= 4 is 52.5 Å². The van der Waals surface area contributed by atoms with Gasteiger partial charge in [0.1, 0.15) is 0 Å². The summed E-state index contributed by atoms with van der Waals surface area (Å²) in [5.41, 5.74) is 0.981. The molecule has 0 aliphatic carbocycles. The highest BCUT2D eigenvalue weighted by molar-refractivity contribution is 7.12. The molecule has 1 aliphatic heterocycles. The Bertz CT molecular complexity index is 736. The topological polar surface area (TPSA) is 38.7 Å². The minimum atomic E-state index is -0.473. The number of carbonyl (C=O) groups excluding carboxylic acids is 1. The van der Waals surface area contributed by atoms with Crippen LogP contribution in [0, 0.1) is 0 Å². The number of cyclic esters (lactones) is 1. The van der Waals surface area contributed by atoms with Gasteiger partial charge in [0.05, 0.1) is 14.9 Å². The lowest BCUT2D eigenvalue weighted by atomic mass is 10.2. The molecule has 2 heterocycles. The molecule has 1 aromatic heterocycles. The van der Waals surface area contributed by atoms with Crippen LogP contribution in [0.3, 0.4) is 0 Å². The van der Waals surface area contributed by atoms with E-state index in [1.54, 1.807) is 24.3 Å². The van der Waals surface area contributed by atoms with E-state index >= 15 is 0 Å². The largest absolute Gasteiger partial charge is 0.401 e. The Morgan fingerprint density at radius 3 is 2.75 bits per heavy atom. The van der Waals surface area contributed by atoms with Gasteiger partial charge >= 0.3 is 5.97 Å². The van der Waals surface area contributed by atoms with Crippen LogP contribution >= 0.6 is 34.5 Å². The summed E-state index contributed by atoms with van der Waals surface area (Å²) in [6, 6.07) is 8.81. The summed E-state index contributed by atoms with van der Waals surface area (Å²) in [5.74, 6) is -0.143. The van der Waals surface area contributed by atoms with E-state index in [-0.39, 0.29) is 5.70 Å². The second kappa shape index (κ2) is 5.40. The van der Waals surface area contributed by atoms with Crippen LogP contribution in [0.2, 0.25) is 10.0 Å². The van der Waals surface area contributed by atoms with Crippen molar-refractivity contribution in [1.82, 2.24) is 0 Å². The van der Waals surface area contributed by atoms with Gasteiger partial charge in [-0.05, 0) is 35.2 Å². The monoisotopic (exact) mass is 323 g/mol. The zero-order valence-corrected chi connectivity index (χ0v) is 12.3. The molecule has 0 saturated carbocycles. The predicted octanol–water partition coefficient (Wildman–Crippen LogP) is 4.40. The van der Waals surface area contributed by atoms with Gasteiger partial charge in [-0.15, -0.1) is 11.3 Å². The van der Waals surface area contributed by atoms with Crippen LogP contribution in [-0.2, 0) is 9.53 Å². The van der Waals surface area contributed by atoms with Gasteiger partial charge in [0, 0.05) is 0 Å². The summed E-state index contributed by atoms with van der Waals surface area (Å²) >= 11 is 13.2. The van der Waals surface area contributed by atoms with E-state index in [0.717, 1.165) is 10.4 Å². The molecule has 0 bridgehead atoms. The molecule has 20 heavy (non-hydrogen) atoms. The lowest BCUT2D eigenvalue weighted by molar-refractivity contribution is -0.129. The maximum atomic E-state index is 11.8. The van der Waals surface area contributed by atoms with Gasteiger partial charge in [0.25, 0.3) is 0 Å². The average Bonchev–Trinajstić information content (AvgIpc) is 3.04. The van der Waals surface area contributed by atoms with Crippen molar-refractivity contribution in [1.29, 1.82) is 0 Å². The Morgan fingerprint density at radius 1 is 1.20 bits per heavy atom. The van der Waals surface area contributed by atoms with Gasteiger partial charge < -0.3 is 4.74 Å². The first kappa shape index (κ1) is 13.4. The molecule has 0 N–H and O–H groups in total. The fourth-order valence-electron chi connectivity index (χ4n) is 1.67. The molecule has 3 nitrogen and oxygen atoms in total. The molecule has 0 fully saturated rings. The number of rotatable bonds is 2. The number of hydrogen-bond donors (Lipinski definition) is 0. The maximum absolute atomic E-state index is 11.8. The van der Waals surface area contributed by atoms with Gasteiger partial charge in [-0.25, -0.2) is 9.79 Å². The Labute approximate surface area is 129 Å². The summed E-state index contributed by atoms with van der Waals surface area (Å²) in [6.07, 6.45) is 1.62. The summed E-state index contributed by atoms with van der Waals surface area (Å²) in [7, 11) is 0. The van der Waals surface area contributed by atoms with Crippen molar-refractivity contribution in [3.05, 3.63) is 61.9 Å². The molecule has 1 aromatic carbocycles. The van der Waals surface area contributed by atoms with Crippen LogP contribution in [0.4, 0.5) is 0 Å². The van der Waals surface area contributed by atoms with Gasteiger partial charge in [-0.3, -0.25) is 0 Å². The number of thiophene rings is 1. The molecule has 0 unspecified atom stereocenters. The number of ether oxygens (including phenoxy) is 1. The molecular weight excluding hydrogens is 317 g/mol. The van der Waals surface area contributed by atoms with Crippen molar-refractivity contribution in [2.45, 2.75) is 0 Å². The molecule has 0 atom stereocenters. The molecule has 0 spiro atoms. The molecule has 0 radical (unpaired) electrons. The quantitative estimate of drug-likeness (QED) is 0.607. The first-order chi connectivity index (χ1) is 9.63. The minimum absolute atomic E-state index is 0.242. The van der Waals surface area contributed by atoms with Gasteiger partial charge in [0.2, 0.25) is 5.90 Å². The molecule has 1 aliphatic rings. The van der Waals surface area contributed by atoms with Gasteiger partial charge in [0.15, 0.2) is 5.70 Å². The molecule has 6 heteroatoms. The summed E-state index contributed by atoms with van der Waals surface area (Å²) in [6.45, 7) is 0. The Kier molecular flexibility index (Phi) is 3.61. The van der Waals surface area contributed by atoms with Crippen LogP contribution in [0.5, 0.6) is 0 Å². The van der Waals surface area contributed by atoms with Crippen molar-refractivity contribution in [3.63, 3.8) is 0 Å². The molecule has 0 amide bonds. The zero-order valence-electron chi connectivity index (χ0n) is 9.97. The van der Waals surface area contributed by atoms with E-state index in [1.807, 2.05) is 17.5 Å². The highest BCUT2D eigenvalue weighted by atomic mass is 35.5. The maximum Gasteiger partial charge on any atom is 0.363 e. The third-order valence-corrected chi connectivity index (χ3v) is 4.20. The number of esters is 1. The first-order valence-electron chi connectivity index (χ1n) is 5.65. The fourth-order valence-corrected chi connectivity index (χ4v) is 2.63. The summed E-state index contributed by atoms with van der Waals surface area (Å²) in [4.78, 5) is 16.8. The first-order valence-corrected chi connectivity index (χ1v) is 7.28. The van der Waals surface area contributed by atoms with Crippen LogP contribution < -0.4 is 0 Å². The Hall–Kier alpha value is -1.62. The molecular formula is C14H7Cl2NO2S. The van der Waals surface area contributed by atoms with Gasteiger partial charge in [-0.2, -0.15) is 0 Å². The predicted molar refractivity (Wildman–Crippen MR) is 81.4 cm³/mol. The van der Waals surface area contributed by atoms with E-state index < -0.39 is 5.97 Å². The van der Waals surface area contributed by atoms with E-state index in [4.69, 9.17) is 27.9 Å². The smallest absolute Gasteiger partial charge is 0.363 e. The van der Waals surface area contributed by atoms with Crippen molar-refractivity contribution in [3.8, 4) is 0 Å². The lowest BCUT2D eigenvalue weighted by Gasteiger charge is -1.97. The second-order valence-electron chi connectivity index (χ2n) is 3.99. The molecule has 0 saturated heterocycles. The number of aliphatic imine (C=N–C) groups is 1. The SMILES string of the molecule is O=C1OC(c2cccs2)=NC1=Cc1ccc(Cl)c(Cl)c1. The van der Waals surface area contributed by atoms with Crippen molar-refractivity contribution < 1.29 is 9.53 Å². The number of nitrogens with zero attached hydrogens (tertiary/aromatic N) is 1. The standard InChI is InChI=1S/C14H7Cl2NO2S/c15-9-4-3-8(6-10(9)16)7-11-14(18)19-13(17-11)12-2-1-5-20-12/h1-7H. The lowest BCUT2D eigenvalue weighted by Crippen LogP contribution is -2.03. The minimum Gasteiger partial charge on any atom is -0.401 e. The number of halogens is 2. The third-order valence-electron chi connectivity index (χ3n) is 2.60. The third kappa shape index (κ3) is 2.63. The number of benzene rings is 1. The molecule has 100 valence electrons. The average molecular weight is 324 g/mol. The van der Waals surface area contributed by atoms with Crippen LogP contribution in [-0.4, -0.2) is 11.9 Å². The van der Waals surface area contributed by atoms with E-state index in [1.165, 1.54) is 11.3 Å². The van der Waals surface area contributed by atoms with Crippen LogP contribution in [0.25, 0.3) is 6.08 Å². The van der Waals surface area contributed by atoms with Crippen molar-refractivity contribution in [2.75, 3.05) is 0 Å². The van der Waals surface area contributed by atoms with Gasteiger partial charge in [-0.1, -0.05) is 35.3 Å². The van der Waals surface area contributed by atoms with E-state index in [9.17, 15) is 4.79 Å². The second-order valence-corrected chi connectivity index (χ2v) is 5.75.